The van der Waals surface area contributed by atoms with E-state index < -0.39 is 16.5 Å². The topological polar surface area (TPSA) is 29.1 Å². The third-order valence-corrected chi connectivity index (χ3v) is 4.67. The Hall–Kier alpha value is -1.46. The molecule has 0 saturated heterocycles. The Morgan fingerprint density at radius 1 is 1.19 bits per heavy atom. The summed E-state index contributed by atoms with van der Waals surface area (Å²) in [6.45, 7) is 0. The van der Waals surface area contributed by atoms with Crippen molar-refractivity contribution in [1.29, 1.82) is 0 Å². The molecule has 0 aliphatic carbocycles. The summed E-state index contributed by atoms with van der Waals surface area (Å²) >= 11 is 8.93. The fourth-order valence-corrected chi connectivity index (χ4v) is 3.10. The number of benzene rings is 2. The Kier molecular flexibility index (Phi) is 3.71. The minimum absolute atomic E-state index is 0.0722. The zero-order valence-corrected chi connectivity index (χ0v) is 12.9. The van der Waals surface area contributed by atoms with Crippen molar-refractivity contribution in [3.8, 4) is 0 Å². The van der Waals surface area contributed by atoms with E-state index in [-0.39, 0.29) is 16.5 Å². The van der Waals surface area contributed by atoms with Gasteiger partial charge in [-0.15, -0.1) is 0 Å². The van der Waals surface area contributed by atoms with Crippen LogP contribution in [0.4, 0.5) is 14.5 Å². The fourth-order valence-electron chi connectivity index (χ4n) is 2.32. The van der Waals surface area contributed by atoms with Crippen molar-refractivity contribution in [2.75, 3.05) is 5.32 Å². The third-order valence-electron chi connectivity index (χ3n) is 3.36. The van der Waals surface area contributed by atoms with Crippen LogP contribution < -0.4 is 5.32 Å². The van der Waals surface area contributed by atoms with Crippen LogP contribution in [-0.4, -0.2) is 5.91 Å². The minimum Gasteiger partial charge on any atom is -0.326 e. The molecule has 1 N–H and O–H groups in total. The highest BCUT2D eigenvalue weighted by Crippen LogP contribution is 2.36. The lowest BCUT2D eigenvalue weighted by molar-refractivity contribution is -0.115. The predicted octanol–water partition coefficient (Wildman–Crippen LogP) is 4.60. The number of hydrogen-bond donors (Lipinski definition) is 1. The number of alkyl halides is 1. The van der Waals surface area contributed by atoms with Gasteiger partial charge in [-0.1, -0.05) is 39.7 Å². The average Bonchev–Trinajstić information content (AvgIpc) is 2.81. The molecule has 0 saturated carbocycles. The van der Waals surface area contributed by atoms with Crippen LogP contribution in [0.3, 0.4) is 0 Å². The van der Waals surface area contributed by atoms with Crippen molar-refractivity contribution >= 4 is 39.1 Å². The molecule has 108 valence electrons. The molecule has 2 aromatic carbocycles. The summed E-state index contributed by atoms with van der Waals surface area (Å²) < 4.78 is 27.5. The minimum atomic E-state index is -0.671. The summed E-state index contributed by atoms with van der Waals surface area (Å²) in [6.07, 6.45) is 0.292. The van der Waals surface area contributed by atoms with Crippen molar-refractivity contribution in [3.05, 3.63) is 63.7 Å². The summed E-state index contributed by atoms with van der Waals surface area (Å²) in [5.41, 5.74) is 2.50. The second-order valence-electron chi connectivity index (χ2n) is 4.79. The summed E-state index contributed by atoms with van der Waals surface area (Å²) in [6, 6.07) is 7.36. The van der Waals surface area contributed by atoms with E-state index in [1.807, 2.05) is 0 Å². The first-order valence-corrected chi connectivity index (χ1v) is 7.46. The molecule has 1 unspecified atom stereocenters. The number of anilines is 1. The quantitative estimate of drug-likeness (QED) is 0.606. The average molecular weight is 373 g/mol. The zero-order valence-electron chi connectivity index (χ0n) is 10.6. The number of hydrogen-bond acceptors (Lipinski definition) is 1. The molecule has 1 heterocycles. The number of amides is 1. The number of carbonyl (C=O) groups is 1. The molecule has 1 aliphatic heterocycles. The van der Waals surface area contributed by atoms with E-state index in [2.05, 4.69) is 21.2 Å². The first kappa shape index (κ1) is 14.5. The molecule has 21 heavy (non-hydrogen) atoms. The summed E-state index contributed by atoms with van der Waals surface area (Å²) in [7, 11) is 0. The second-order valence-corrected chi connectivity index (χ2v) is 6.11. The maximum absolute atomic E-state index is 14.0. The van der Waals surface area contributed by atoms with Crippen LogP contribution in [-0.2, 0) is 11.2 Å². The highest BCUT2D eigenvalue weighted by Gasteiger charge is 2.22. The van der Waals surface area contributed by atoms with Gasteiger partial charge in [-0.05, 0) is 29.3 Å². The van der Waals surface area contributed by atoms with Gasteiger partial charge in [0, 0.05) is 11.3 Å². The van der Waals surface area contributed by atoms with Crippen molar-refractivity contribution in [2.24, 2.45) is 0 Å². The van der Waals surface area contributed by atoms with Gasteiger partial charge in [0.05, 0.1) is 16.3 Å². The molecule has 0 fully saturated rings. The SMILES string of the molecule is O=C1Cc2cc(C(Br)c3cc(F)c(Cl)cc3F)ccc2N1. The third kappa shape index (κ3) is 2.68. The van der Waals surface area contributed by atoms with E-state index in [0.717, 1.165) is 28.9 Å². The zero-order chi connectivity index (χ0) is 15.1. The first-order chi connectivity index (χ1) is 9.95. The van der Waals surface area contributed by atoms with Gasteiger partial charge in [0.1, 0.15) is 11.6 Å². The van der Waals surface area contributed by atoms with Gasteiger partial charge in [0.2, 0.25) is 5.91 Å². The number of fused-ring (bicyclic) bond motifs is 1. The van der Waals surface area contributed by atoms with E-state index in [1.54, 1.807) is 18.2 Å². The Morgan fingerprint density at radius 2 is 1.95 bits per heavy atom. The van der Waals surface area contributed by atoms with Gasteiger partial charge in [-0.3, -0.25) is 4.79 Å². The van der Waals surface area contributed by atoms with Crippen LogP contribution in [0, 0.1) is 11.6 Å². The maximum atomic E-state index is 14.0. The fraction of sp³-hybridized carbons (Fsp3) is 0.133. The van der Waals surface area contributed by atoms with Crippen LogP contribution in [0.25, 0.3) is 0 Å². The van der Waals surface area contributed by atoms with E-state index in [0.29, 0.717) is 6.42 Å². The Labute approximate surface area is 133 Å². The van der Waals surface area contributed by atoms with Crippen molar-refractivity contribution in [1.82, 2.24) is 0 Å². The standard InChI is InChI=1S/C15H9BrClF2NO/c16-15(9-5-12(19)10(17)6-11(9)18)7-1-2-13-8(3-7)4-14(21)20-13/h1-3,5-6,15H,4H2,(H,20,21). The molecule has 2 aromatic rings. The van der Waals surface area contributed by atoms with E-state index in [4.69, 9.17) is 11.6 Å². The molecule has 2 nitrogen and oxygen atoms in total. The van der Waals surface area contributed by atoms with Crippen LogP contribution >= 0.6 is 27.5 Å². The number of carbonyl (C=O) groups excluding carboxylic acids is 1. The lowest BCUT2D eigenvalue weighted by Crippen LogP contribution is -2.03. The van der Waals surface area contributed by atoms with Crippen LogP contribution in [0.1, 0.15) is 21.5 Å². The van der Waals surface area contributed by atoms with Gasteiger partial charge < -0.3 is 5.32 Å². The number of rotatable bonds is 2. The molecular formula is C15H9BrClF2NO. The molecule has 6 heteroatoms. The lowest BCUT2D eigenvalue weighted by atomic mass is 10.0. The normalized spacial score (nSPS) is 14.8. The highest BCUT2D eigenvalue weighted by atomic mass is 79.9. The largest absolute Gasteiger partial charge is 0.326 e. The monoisotopic (exact) mass is 371 g/mol. The summed E-state index contributed by atoms with van der Waals surface area (Å²) in [5, 5.41) is 2.48. The molecule has 0 aromatic heterocycles. The lowest BCUT2D eigenvalue weighted by Gasteiger charge is -2.13. The second kappa shape index (κ2) is 5.39. The van der Waals surface area contributed by atoms with Gasteiger partial charge >= 0.3 is 0 Å². The molecule has 1 atom stereocenters. The van der Waals surface area contributed by atoms with E-state index >= 15 is 0 Å². The number of halogens is 4. The number of nitrogens with one attached hydrogen (secondary N) is 1. The Bertz CT molecular complexity index is 751. The van der Waals surface area contributed by atoms with Gasteiger partial charge in [0.25, 0.3) is 0 Å². The van der Waals surface area contributed by atoms with Crippen LogP contribution in [0.5, 0.6) is 0 Å². The summed E-state index contributed by atoms with van der Waals surface area (Å²) in [5.74, 6) is -1.33. The van der Waals surface area contributed by atoms with Gasteiger partial charge in [-0.25, -0.2) is 8.78 Å². The molecule has 1 amide bonds. The smallest absolute Gasteiger partial charge is 0.228 e. The summed E-state index contributed by atoms with van der Waals surface area (Å²) in [4.78, 5) is 10.8. The molecule has 3 rings (SSSR count). The van der Waals surface area contributed by atoms with Gasteiger partial charge in [0.15, 0.2) is 0 Å². The van der Waals surface area contributed by atoms with Crippen molar-refractivity contribution in [2.45, 2.75) is 11.2 Å². The Morgan fingerprint density at radius 3 is 2.71 bits per heavy atom. The maximum Gasteiger partial charge on any atom is 0.228 e. The molecule has 1 aliphatic rings. The van der Waals surface area contributed by atoms with Crippen LogP contribution in [0.2, 0.25) is 5.02 Å². The molecule has 0 radical (unpaired) electrons. The molecule has 0 spiro atoms. The van der Waals surface area contributed by atoms with Crippen molar-refractivity contribution < 1.29 is 13.6 Å². The van der Waals surface area contributed by atoms with Crippen molar-refractivity contribution in [3.63, 3.8) is 0 Å². The van der Waals surface area contributed by atoms with E-state index in [1.165, 1.54) is 0 Å². The molecule has 0 bridgehead atoms. The van der Waals surface area contributed by atoms with E-state index in [9.17, 15) is 13.6 Å². The predicted molar refractivity (Wildman–Crippen MR) is 80.9 cm³/mol. The van der Waals surface area contributed by atoms with Crippen LogP contribution in [0.15, 0.2) is 30.3 Å². The highest BCUT2D eigenvalue weighted by molar-refractivity contribution is 9.09. The Balaban J connectivity index is 2.00. The first-order valence-electron chi connectivity index (χ1n) is 6.17. The molecular weight excluding hydrogens is 364 g/mol. The van der Waals surface area contributed by atoms with Gasteiger partial charge in [-0.2, -0.15) is 0 Å².